The van der Waals surface area contributed by atoms with Crippen molar-refractivity contribution in [3.63, 3.8) is 0 Å². The summed E-state index contributed by atoms with van der Waals surface area (Å²) in [7, 11) is 1.64. The maximum Gasteiger partial charge on any atom is 0.336 e. The van der Waals surface area contributed by atoms with Gasteiger partial charge in [0, 0.05) is 31.1 Å². The molecule has 4 nitrogen and oxygen atoms in total. The van der Waals surface area contributed by atoms with E-state index in [1.165, 1.54) is 5.56 Å². The lowest BCUT2D eigenvalue weighted by atomic mass is 10.1. The van der Waals surface area contributed by atoms with E-state index in [4.69, 9.17) is 9.15 Å². The van der Waals surface area contributed by atoms with E-state index in [1.807, 2.05) is 18.2 Å². The van der Waals surface area contributed by atoms with Crippen molar-refractivity contribution in [3.8, 4) is 5.75 Å². The van der Waals surface area contributed by atoms with Crippen LogP contribution in [0.15, 0.2) is 63.8 Å². The highest BCUT2D eigenvalue weighted by Gasteiger charge is 2.13. The van der Waals surface area contributed by atoms with Gasteiger partial charge in [-0.05, 0) is 35.2 Å². The second-order valence-corrected chi connectivity index (χ2v) is 7.00. The standard InChI is InChI=1S/C22H25NO3/c1-16(2)13-23(14-17-7-5-4-6-8-17)15-18-11-22(24)26-21-10-9-19(25-3)12-20(18)21/h4-12,16H,13-15H2,1-3H3. The molecule has 0 bridgehead atoms. The molecule has 4 heteroatoms. The summed E-state index contributed by atoms with van der Waals surface area (Å²) >= 11 is 0. The first kappa shape index (κ1) is 18.2. The Bertz CT molecular complexity index is 916. The summed E-state index contributed by atoms with van der Waals surface area (Å²) in [6, 6.07) is 17.5. The molecule has 0 aliphatic heterocycles. The molecule has 0 saturated carbocycles. The number of benzene rings is 2. The molecule has 0 saturated heterocycles. The van der Waals surface area contributed by atoms with Crippen molar-refractivity contribution in [2.45, 2.75) is 26.9 Å². The van der Waals surface area contributed by atoms with Crippen molar-refractivity contribution < 1.29 is 9.15 Å². The molecule has 0 atom stereocenters. The van der Waals surface area contributed by atoms with Crippen LogP contribution >= 0.6 is 0 Å². The molecule has 2 aromatic carbocycles. The molecule has 0 aliphatic rings. The molecular formula is C22H25NO3. The summed E-state index contributed by atoms with van der Waals surface area (Å²) in [5.74, 6) is 1.28. The Hall–Kier alpha value is -2.59. The van der Waals surface area contributed by atoms with E-state index in [1.54, 1.807) is 19.2 Å². The van der Waals surface area contributed by atoms with E-state index in [9.17, 15) is 4.79 Å². The SMILES string of the molecule is COc1ccc2oc(=O)cc(CN(Cc3ccccc3)CC(C)C)c2c1. The Balaban J connectivity index is 1.95. The fraction of sp³-hybridized carbons (Fsp3) is 0.318. The zero-order valence-corrected chi connectivity index (χ0v) is 15.6. The van der Waals surface area contributed by atoms with Crippen LogP contribution in [0.4, 0.5) is 0 Å². The van der Waals surface area contributed by atoms with Gasteiger partial charge in [-0.3, -0.25) is 4.90 Å². The lowest BCUT2D eigenvalue weighted by Crippen LogP contribution is -2.27. The zero-order chi connectivity index (χ0) is 18.5. The Labute approximate surface area is 154 Å². The maximum atomic E-state index is 12.0. The zero-order valence-electron chi connectivity index (χ0n) is 15.6. The van der Waals surface area contributed by atoms with Crippen molar-refractivity contribution in [1.29, 1.82) is 0 Å². The quantitative estimate of drug-likeness (QED) is 0.590. The van der Waals surface area contributed by atoms with Gasteiger partial charge in [-0.1, -0.05) is 44.2 Å². The van der Waals surface area contributed by atoms with Crippen molar-refractivity contribution >= 4 is 11.0 Å². The van der Waals surface area contributed by atoms with Crippen LogP contribution in [0.2, 0.25) is 0 Å². The number of ether oxygens (including phenoxy) is 1. The monoisotopic (exact) mass is 351 g/mol. The molecule has 0 unspecified atom stereocenters. The van der Waals surface area contributed by atoms with Crippen LogP contribution in [0.3, 0.4) is 0 Å². The van der Waals surface area contributed by atoms with Crippen molar-refractivity contribution in [2.75, 3.05) is 13.7 Å². The minimum atomic E-state index is -0.318. The third-order valence-corrected chi connectivity index (χ3v) is 4.30. The third-order valence-electron chi connectivity index (χ3n) is 4.30. The molecule has 1 heterocycles. The molecule has 0 fully saturated rings. The fourth-order valence-electron chi connectivity index (χ4n) is 3.25. The van der Waals surface area contributed by atoms with E-state index < -0.39 is 0 Å². The topological polar surface area (TPSA) is 42.7 Å². The van der Waals surface area contributed by atoms with Crippen LogP contribution in [-0.2, 0) is 13.1 Å². The van der Waals surface area contributed by atoms with E-state index in [0.29, 0.717) is 18.0 Å². The molecule has 136 valence electrons. The van der Waals surface area contributed by atoms with Gasteiger partial charge in [0.05, 0.1) is 7.11 Å². The van der Waals surface area contributed by atoms with Gasteiger partial charge in [-0.2, -0.15) is 0 Å². The van der Waals surface area contributed by atoms with E-state index in [-0.39, 0.29) is 5.63 Å². The molecule has 0 amide bonds. The Morgan fingerprint density at radius 2 is 1.81 bits per heavy atom. The second-order valence-electron chi connectivity index (χ2n) is 7.00. The summed E-state index contributed by atoms with van der Waals surface area (Å²) in [4.78, 5) is 14.4. The molecule has 3 aromatic rings. The van der Waals surface area contributed by atoms with E-state index in [0.717, 1.165) is 29.8 Å². The number of rotatable bonds is 7. The summed E-state index contributed by atoms with van der Waals surface area (Å²) in [6.07, 6.45) is 0. The molecular weight excluding hydrogens is 326 g/mol. The van der Waals surface area contributed by atoms with Gasteiger partial charge < -0.3 is 9.15 Å². The highest BCUT2D eigenvalue weighted by atomic mass is 16.5. The molecule has 26 heavy (non-hydrogen) atoms. The molecule has 3 rings (SSSR count). The summed E-state index contributed by atoms with van der Waals surface area (Å²) in [5.41, 5.74) is 2.50. The fourth-order valence-corrected chi connectivity index (χ4v) is 3.25. The predicted molar refractivity (Wildman–Crippen MR) is 104 cm³/mol. The van der Waals surface area contributed by atoms with Crippen LogP contribution in [0.1, 0.15) is 25.0 Å². The largest absolute Gasteiger partial charge is 0.497 e. The van der Waals surface area contributed by atoms with Gasteiger partial charge in [-0.25, -0.2) is 4.79 Å². The van der Waals surface area contributed by atoms with Crippen molar-refractivity contribution in [1.82, 2.24) is 4.90 Å². The number of hydrogen-bond acceptors (Lipinski definition) is 4. The van der Waals surface area contributed by atoms with E-state index in [2.05, 4.69) is 43.0 Å². The van der Waals surface area contributed by atoms with Crippen LogP contribution in [0, 0.1) is 5.92 Å². The lowest BCUT2D eigenvalue weighted by Gasteiger charge is -2.25. The predicted octanol–water partition coefficient (Wildman–Crippen LogP) is 4.46. The number of methoxy groups -OCH3 is 1. The van der Waals surface area contributed by atoms with Crippen molar-refractivity contribution in [3.05, 3.63) is 76.1 Å². The highest BCUT2D eigenvalue weighted by molar-refractivity contribution is 5.81. The van der Waals surface area contributed by atoms with Crippen molar-refractivity contribution in [2.24, 2.45) is 5.92 Å². The highest BCUT2D eigenvalue weighted by Crippen LogP contribution is 2.24. The smallest absolute Gasteiger partial charge is 0.336 e. The van der Waals surface area contributed by atoms with Crippen LogP contribution < -0.4 is 10.4 Å². The molecule has 0 radical (unpaired) electrons. The number of hydrogen-bond donors (Lipinski definition) is 0. The molecule has 0 N–H and O–H groups in total. The molecule has 0 spiro atoms. The van der Waals surface area contributed by atoms with E-state index >= 15 is 0 Å². The second kappa shape index (κ2) is 8.19. The summed E-state index contributed by atoms with van der Waals surface area (Å²) in [5, 5.41) is 0.922. The summed E-state index contributed by atoms with van der Waals surface area (Å²) < 4.78 is 10.7. The van der Waals surface area contributed by atoms with Crippen LogP contribution in [0.5, 0.6) is 5.75 Å². The summed E-state index contributed by atoms with van der Waals surface area (Å²) in [6.45, 7) is 6.88. The number of nitrogens with zero attached hydrogens (tertiary/aromatic N) is 1. The normalized spacial score (nSPS) is 11.4. The van der Waals surface area contributed by atoms with Gasteiger partial charge in [-0.15, -0.1) is 0 Å². The molecule has 1 aromatic heterocycles. The van der Waals surface area contributed by atoms with Gasteiger partial charge in [0.15, 0.2) is 0 Å². The molecule has 0 aliphatic carbocycles. The van der Waals surface area contributed by atoms with Crippen LogP contribution in [-0.4, -0.2) is 18.6 Å². The van der Waals surface area contributed by atoms with Gasteiger partial charge >= 0.3 is 5.63 Å². The first-order valence-electron chi connectivity index (χ1n) is 8.92. The van der Waals surface area contributed by atoms with Gasteiger partial charge in [0.1, 0.15) is 11.3 Å². The minimum Gasteiger partial charge on any atom is -0.497 e. The van der Waals surface area contributed by atoms with Crippen LogP contribution in [0.25, 0.3) is 11.0 Å². The minimum absolute atomic E-state index is 0.318. The first-order valence-corrected chi connectivity index (χ1v) is 8.92. The van der Waals surface area contributed by atoms with Gasteiger partial charge in [0.2, 0.25) is 0 Å². The lowest BCUT2D eigenvalue weighted by molar-refractivity contribution is 0.228. The first-order chi connectivity index (χ1) is 12.5. The maximum absolute atomic E-state index is 12.0. The average Bonchev–Trinajstić information content (AvgIpc) is 2.61. The number of fused-ring (bicyclic) bond motifs is 1. The average molecular weight is 351 g/mol. The Morgan fingerprint density at radius 1 is 1.04 bits per heavy atom. The van der Waals surface area contributed by atoms with Gasteiger partial charge in [0.25, 0.3) is 0 Å². The Morgan fingerprint density at radius 3 is 2.50 bits per heavy atom. The third kappa shape index (κ3) is 4.52. The Kier molecular flexibility index (Phi) is 5.74.